The van der Waals surface area contributed by atoms with E-state index in [0.29, 0.717) is 19.8 Å². The average Bonchev–Trinajstić information content (AvgIpc) is 3.19. The minimum atomic E-state index is 0.220. The number of piperazine rings is 1. The number of morpholine rings is 1. The van der Waals surface area contributed by atoms with E-state index in [1.807, 2.05) is 41.4 Å². The Morgan fingerprint density at radius 2 is 1.67 bits per heavy atom. The number of para-hydroxylation sites is 1. The molecule has 2 saturated heterocycles. The zero-order chi connectivity index (χ0) is 18.5. The number of ether oxygens (including phenoxy) is 1. The molecule has 0 aliphatic carbocycles. The van der Waals surface area contributed by atoms with Crippen LogP contribution < -0.4 is 0 Å². The van der Waals surface area contributed by atoms with Crippen molar-refractivity contribution in [2.24, 2.45) is 0 Å². The van der Waals surface area contributed by atoms with Crippen LogP contribution in [0.1, 0.15) is 5.69 Å². The molecule has 144 valence electrons. The highest BCUT2D eigenvalue weighted by Crippen LogP contribution is 2.09. The lowest BCUT2D eigenvalue weighted by atomic mass is 10.3. The van der Waals surface area contributed by atoms with Crippen LogP contribution in [-0.2, 0) is 16.1 Å². The topological polar surface area (TPSA) is 66.7 Å². The fourth-order valence-corrected chi connectivity index (χ4v) is 3.49. The zero-order valence-electron chi connectivity index (χ0n) is 15.5. The summed E-state index contributed by atoms with van der Waals surface area (Å²) in [5.41, 5.74) is 1.94. The van der Waals surface area contributed by atoms with Crippen LogP contribution in [0.4, 0.5) is 0 Å². The van der Waals surface area contributed by atoms with E-state index in [2.05, 4.69) is 20.0 Å². The van der Waals surface area contributed by atoms with Crippen molar-refractivity contribution in [2.45, 2.75) is 6.54 Å². The van der Waals surface area contributed by atoms with E-state index >= 15 is 0 Å². The molecule has 2 fully saturated rings. The zero-order valence-corrected chi connectivity index (χ0v) is 15.5. The third-order valence-corrected chi connectivity index (χ3v) is 5.10. The van der Waals surface area contributed by atoms with E-state index in [0.717, 1.165) is 57.2 Å². The quantitative estimate of drug-likeness (QED) is 0.751. The van der Waals surface area contributed by atoms with Crippen LogP contribution in [0.25, 0.3) is 5.69 Å². The Kier molecular flexibility index (Phi) is 5.76. The van der Waals surface area contributed by atoms with Crippen molar-refractivity contribution in [2.75, 3.05) is 59.0 Å². The maximum absolute atomic E-state index is 12.4. The van der Waals surface area contributed by atoms with Crippen LogP contribution in [0.5, 0.6) is 0 Å². The van der Waals surface area contributed by atoms with Gasteiger partial charge in [0.15, 0.2) is 0 Å². The molecule has 0 bridgehead atoms. The van der Waals surface area contributed by atoms with Gasteiger partial charge in [0.1, 0.15) is 0 Å². The Morgan fingerprint density at radius 1 is 0.963 bits per heavy atom. The van der Waals surface area contributed by atoms with Crippen molar-refractivity contribution in [1.29, 1.82) is 0 Å². The van der Waals surface area contributed by atoms with E-state index in [1.54, 1.807) is 4.80 Å². The van der Waals surface area contributed by atoms with E-state index in [1.165, 1.54) is 0 Å². The predicted molar refractivity (Wildman–Crippen MR) is 100 cm³/mol. The normalized spacial score (nSPS) is 19.3. The molecule has 0 radical (unpaired) electrons. The number of rotatable bonds is 5. The van der Waals surface area contributed by atoms with Crippen molar-refractivity contribution in [3.8, 4) is 5.69 Å². The predicted octanol–water partition coefficient (Wildman–Crippen LogP) is 0.244. The second-order valence-corrected chi connectivity index (χ2v) is 7.01. The highest BCUT2D eigenvalue weighted by molar-refractivity contribution is 5.78. The molecule has 2 aliphatic rings. The maximum atomic E-state index is 12.4. The number of carbonyl (C=O) groups is 1. The third-order valence-electron chi connectivity index (χ3n) is 5.10. The highest BCUT2D eigenvalue weighted by Gasteiger charge is 2.23. The van der Waals surface area contributed by atoms with Gasteiger partial charge in [0.2, 0.25) is 5.91 Å². The first-order valence-corrected chi connectivity index (χ1v) is 9.55. The smallest absolute Gasteiger partial charge is 0.236 e. The van der Waals surface area contributed by atoms with Crippen LogP contribution in [0, 0.1) is 0 Å². The van der Waals surface area contributed by atoms with E-state index in [9.17, 15) is 4.79 Å². The summed E-state index contributed by atoms with van der Waals surface area (Å²) in [5.74, 6) is 0.220. The average molecular weight is 370 g/mol. The lowest BCUT2D eigenvalue weighted by Gasteiger charge is -2.35. The Bertz CT molecular complexity index is 736. The van der Waals surface area contributed by atoms with Gasteiger partial charge < -0.3 is 9.64 Å². The lowest BCUT2D eigenvalue weighted by molar-refractivity contribution is -0.136. The second kappa shape index (κ2) is 8.60. The van der Waals surface area contributed by atoms with Crippen molar-refractivity contribution < 1.29 is 9.53 Å². The standard InChI is InChI=1S/C19H26N6O2/c26-19(24-10-12-27-13-11-24)16-23-8-6-22(7-9-23)15-17-14-20-25(21-17)18-4-2-1-3-5-18/h1-5,14H,6-13,15-16H2. The van der Waals surface area contributed by atoms with Gasteiger partial charge in [-0.25, -0.2) is 0 Å². The highest BCUT2D eigenvalue weighted by atomic mass is 16.5. The van der Waals surface area contributed by atoms with Gasteiger partial charge in [0, 0.05) is 45.8 Å². The summed E-state index contributed by atoms with van der Waals surface area (Å²) in [5, 5.41) is 8.95. The molecular formula is C19H26N6O2. The second-order valence-electron chi connectivity index (χ2n) is 7.01. The molecule has 1 aromatic heterocycles. The molecule has 27 heavy (non-hydrogen) atoms. The summed E-state index contributed by atoms with van der Waals surface area (Å²) in [6.07, 6.45) is 1.83. The van der Waals surface area contributed by atoms with Crippen molar-refractivity contribution >= 4 is 5.91 Å². The summed E-state index contributed by atoms with van der Waals surface area (Å²) in [7, 11) is 0. The number of hydrogen-bond acceptors (Lipinski definition) is 6. The number of benzene rings is 1. The molecule has 0 spiro atoms. The fourth-order valence-electron chi connectivity index (χ4n) is 3.49. The monoisotopic (exact) mass is 370 g/mol. The lowest BCUT2D eigenvalue weighted by Crippen LogP contribution is -2.51. The van der Waals surface area contributed by atoms with Gasteiger partial charge in [-0.15, -0.1) is 0 Å². The minimum absolute atomic E-state index is 0.220. The molecule has 8 nitrogen and oxygen atoms in total. The van der Waals surface area contributed by atoms with E-state index < -0.39 is 0 Å². The number of carbonyl (C=O) groups excluding carboxylic acids is 1. The van der Waals surface area contributed by atoms with Gasteiger partial charge in [0.05, 0.1) is 37.3 Å². The van der Waals surface area contributed by atoms with Crippen molar-refractivity contribution in [3.63, 3.8) is 0 Å². The summed E-state index contributed by atoms with van der Waals surface area (Å²) >= 11 is 0. The van der Waals surface area contributed by atoms with E-state index in [4.69, 9.17) is 4.74 Å². The number of hydrogen-bond donors (Lipinski definition) is 0. The first-order chi connectivity index (χ1) is 13.3. The molecular weight excluding hydrogens is 344 g/mol. The van der Waals surface area contributed by atoms with Gasteiger partial charge in [-0.3, -0.25) is 14.6 Å². The van der Waals surface area contributed by atoms with Crippen LogP contribution in [-0.4, -0.2) is 94.6 Å². The molecule has 0 saturated carbocycles. The first-order valence-electron chi connectivity index (χ1n) is 9.55. The Hall–Kier alpha value is -2.29. The third kappa shape index (κ3) is 4.71. The molecule has 2 aliphatic heterocycles. The molecule has 0 unspecified atom stereocenters. The molecule has 8 heteroatoms. The Balaban J connectivity index is 1.24. The molecule has 0 N–H and O–H groups in total. The molecule has 1 aromatic carbocycles. The number of aromatic nitrogens is 3. The van der Waals surface area contributed by atoms with Crippen molar-refractivity contribution in [1.82, 2.24) is 29.7 Å². The van der Waals surface area contributed by atoms with Gasteiger partial charge in [-0.1, -0.05) is 18.2 Å². The summed E-state index contributed by atoms with van der Waals surface area (Å²) in [4.78, 5) is 20.6. The summed E-state index contributed by atoms with van der Waals surface area (Å²) in [6, 6.07) is 9.94. The van der Waals surface area contributed by atoms with Gasteiger partial charge >= 0.3 is 0 Å². The van der Waals surface area contributed by atoms with E-state index in [-0.39, 0.29) is 5.91 Å². The molecule has 1 amide bonds. The SMILES string of the molecule is O=C(CN1CCN(Cc2cnn(-c3ccccc3)n2)CC1)N1CCOCC1. The first kappa shape index (κ1) is 18.1. The van der Waals surface area contributed by atoms with Crippen LogP contribution in [0.3, 0.4) is 0 Å². The van der Waals surface area contributed by atoms with Gasteiger partial charge in [-0.2, -0.15) is 15.0 Å². The van der Waals surface area contributed by atoms with Crippen LogP contribution >= 0.6 is 0 Å². The Labute approximate surface area is 159 Å². The Morgan fingerprint density at radius 3 is 2.41 bits per heavy atom. The van der Waals surface area contributed by atoms with Crippen LogP contribution in [0.15, 0.2) is 36.5 Å². The summed E-state index contributed by atoms with van der Waals surface area (Å²) < 4.78 is 5.31. The largest absolute Gasteiger partial charge is 0.378 e. The molecule has 4 rings (SSSR count). The molecule has 0 atom stereocenters. The van der Waals surface area contributed by atoms with Crippen LogP contribution in [0.2, 0.25) is 0 Å². The minimum Gasteiger partial charge on any atom is -0.378 e. The fraction of sp³-hybridized carbons (Fsp3) is 0.526. The van der Waals surface area contributed by atoms with Crippen molar-refractivity contribution in [3.05, 3.63) is 42.2 Å². The molecule has 3 heterocycles. The van der Waals surface area contributed by atoms with Gasteiger partial charge in [0.25, 0.3) is 0 Å². The molecule has 2 aromatic rings. The maximum Gasteiger partial charge on any atom is 0.236 e. The number of amides is 1. The number of nitrogens with zero attached hydrogens (tertiary/aromatic N) is 6. The summed E-state index contributed by atoms with van der Waals surface area (Å²) in [6.45, 7) is 7.74. The van der Waals surface area contributed by atoms with Gasteiger partial charge in [-0.05, 0) is 12.1 Å².